The second kappa shape index (κ2) is 6.48. The van der Waals surface area contributed by atoms with Crippen molar-refractivity contribution in [3.63, 3.8) is 0 Å². The molecule has 18 heavy (non-hydrogen) atoms. The first-order valence-corrected chi connectivity index (χ1v) is 7.24. The number of aliphatic hydroxyl groups excluding tert-OH is 1. The monoisotopic (exact) mass is 312 g/mol. The topological polar surface area (TPSA) is 20.2 Å². The Kier molecular flexibility index (Phi) is 4.95. The van der Waals surface area contributed by atoms with Crippen LogP contribution in [0, 0.1) is 5.82 Å². The van der Waals surface area contributed by atoms with E-state index in [0.717, 1.165) is 24.8 Å². The Morgan fingerprint density at radius 3 is 2.78 bits per heavy atom. The van der Waals surface area contributed by atoms with E-state index < -0.39 is 0 Å². The Bertz CT molecular complexity index is 442. The molecular weight excluding hydrogens is 295 g/mol. The minimum Gasteiger partial charge on any atom is -0.392 e. The largest absolute Gasteiger partial charge is 0.392 e. The summed E-state index contributed by atoms with van der Waals surface area (Å²) in [6, 6.07) is 4.92. The highest BCUT2D eigenvalue weighted by molar-refractivity contribution is 9.10. The molecule has 0 aliphatic heterocycles. The molecule has 1 atom stereocenters. The summed E-state index contributed by atoms with van der Waals surface area (Å²) in [6.45, 7) is 0. The SMILES string of the molecule is OC(CC1=CCCCC1)Cc1ccc(F)c(Br)c1. The van der Waals surface area contributed by atoms with Crippen molar-refractivity contribution in [2.24, 2.45) is 0 Å². The highest BCUT2D eigenvalue weighted by atomic mass is 79.9. The Hall–Kier alpha value is -0.670. The van der Waals surface area contributed by atoms with Gasteiger partial charge in [0.05, 0.1) is 10.6 Å². The Morgan fingerprint density at radius 2 is 2.11 bits per heavy atom. The van der Waals surface area contributed by atoms with Crippen LogP contribution < -0.4 is 0 Å². The zero-order chi connectivity index (χ0) is 13.0. The number of hydrogen-bond acceptors (Lipinski definition) is 1. The number of hydrogen-bond donors (Lipinski definition) is 1. The molecule has 1 aliphatic carbocycles. The predicted octanol–water partition coefficient (Wildman–Crippen LogP) is 4.38. The van der Waals surface area contributed by atoms with Gasteiger partial charge in [0.25, 0.3) is 0 Å². The van der Waals surface area contributed by atoms with Crippen molar-refractivity contribution in [3.8, 4) is 0 Å². The third kappa shape index (κ3) is 3.92. The number of rotatable bonds is 4. The van der Waals surface area contributed by atoms with Gasteiger partial charge >= 0.3 is 0 Å². The fourth-order valence-electron chi connectivity index (χ4n) is 2.40. The van der Waals surface area contributed by atoms with Gasteiger partial charge in [0.15, 0.2) is 0 Å². The van der Waals surface area contributed by atoms with Gasteiger partial charge in [-0.1, -0.05) is 17.7 Å². The van der Waals surface area contributed by atoms with Gasteiger partial charge in [-0.25, -0.2) is 4.39 Å². The van der Waals surface area contributed by atoms with E-state index in [1.807, 2.05) is 0 Å². The first kappa shape index (κ1) is 13.8. The van der Waals surface area contributed by atoms with E-state index in [0.29, 0.717) is 10.9 Å². The van der Waals surface area contributed by atoms with E-state index in [1.54, 1.807) is 12.1 Å². The summed E-state index contributed by atoms with van der Waals surface area (Å²) in [4.78, 5) is 0. The van der Waals surface area contributed by atoms with Gasteiger partial charge in [-0.3, -0.25) is 0 Å². The normalized spacial score (nSPS) is 17.4. The van der Waals surface area contributed by atoms with Crippen molar-refractivity contribution in [1.29, 1.82) is 0 Å². The summed E-state index contributed by atoms with van der Waals surface area (Å²) < 4.78 is 13.6. The van der Waals surface area contributed by atoms with Gasteiger partial charge in [0.2, 0.25) is 0 Å². The molecule has 0 heterocycles. The van der Waals surface area contributed by atoms with Crippen molar-refractivity contribution >= 4 is 15.9 Å². The molecule has 1 unspecified atom stereocenters. The lowest BCUT2D eigenvalue weighted by atomic mass is 9.93. The van der Waals surface area contributed by atoms with Crippen LogP contribution in [0.15, 0.2) is 34.3 Å². The van der Waals surface area contributed by atoms with Gasteiger partial charge in [0.1, 0.15) is 5.82 Å². The lowest BCUT2D eigenvalue weighted by Crippen LogP contribution is -2.12. The summed E-state index contributed by atoms with van der Waals surface area (Å²) in [5.74, 6) is -0.261. The number of halogens is 2. The minimum atomic E-state index is -0.369. The van der Waals surface area contributed by atoms with E-state index >= 15 is 0 Å². The number of benzene rings is 1. The maximum Gasteiger partial charge on any atom is 0.137 e. The fraction of sp³-hybridized carbons (Fsp3) is 0.467. The minimum absolute atomic E-state index is 0.261. The van der Waals surface area contributed by atoms with Crippen LogP contribution in [0.25, 0.3) is 0 Å². The van der Waals surface area contributed by atoms with Gasteiger partial charge < -0.3 is 5.11 Å². The van der Waals surface area contributed by atoms with Crippen LogP contribution in [0.1, 0.15) is 37.7 Å². The van der Waals surface area contributed by atoms with Crippen LogP contribution in [0.3, 0.4) is 0 Å². The maximum atomic E-state index is 13.1. The number of allylic oxidation sites excluding steroid dienone is 1. The summed E-state index contributed by atoms with van der Waals surface area (Å²) in [5, 5.41) is 10.1. The Morgan fingerprint density at radius 1 is 1.28 bits per heavy atom. The van der Waals surface area contributed by atoms with Crippen molar-refractivity contribution < 1.29 is 9.50 Å². The smallest absolute Gasteiger partial charge is 0.137 e. The van der Waals surface area contributed by atoms with Crippen LogP contribution in [-0.2, 0) is 6.42 Å². The molecule has 0 amide bonds. The molecule has 0 fully saturated rings. The van der Waals surface area contributed by atoms with E-state index in [4.69, 9.17) is 0 Å². The van der Waals surface area contributed by atoms with Crippen LogP contribution in [0.4, 0.5) is 4.39 Å². The molecule has 1 aromatic carbocycles. The molecule has 1 N–H and O–H groups in total. The van der Waals surface area contributed by atoms with E-state index in [1.165, 1.54) is 24.5 Å². The molecular formula is C15H18BrFO. The van der Waals surface area contributed by atoms with Crippen molar-refractivity contribution in [2.75, 3.05) is 0 Å². The molecule has 0 bridgehead atoms. The first-order valence-electron chi connectivity index (χ1n) is 6.45. The number of aliphatic hydroxyl groups is 1. The highest BCUT2D eigenvalue weighted by Crippen LogP contribution is 2.23. The standard InChI is InChI=1S/C15H18BrFO/c16-14-10-12(6-7-15(14)17)9-13(18)8-11-4-2-1-3-5-11/h4,6-7,10,13,18H,1-3,5,8-9H2. The van der Waals surface area contributed by atoms with Crippen molar-refractivity contribution in [2.45, 2.75) is 44.6 Å². The summed E-state index contributed by atoms with van der Waals surface area (Å²) in [7, 11) is 0. The fourth-order valence-corrected chi connectivity index (χ4v) is 2.83. The summed E-state index contributed by atoms with van der Waals surface area (Å²) in [5.41, 5.74) is 2.34. The Labute approximate surface area is 116 Å². The maximum absolute atomic E-state index is 13.1. The zero-order valence-electron chi connectivity index (χ0n) is 10.3. The molecule has 98 valence electrons. The lowest BCUT2D eigenvalue weighted by molar-refractivity contribution is 0.173. The molecule has 3 heteroatoms. The van der Waals surface area contributed by atoms with Crippen LogP contribution in [-0.4, -0.2) is 11.2 Å². The van der Waals surface area contributed by atoms with E-state index in [9.17, 15) is 9.50 Å². The van der Waals surface area contributed by atoms with Crippen LogP contribution in [0.5, 0.6) is 0 Å². The second-order valence-electron chi connectivity index (χ2n) is 4.92. The van der Waals surface area contributed by atoms with Gasteiger partial charge in [-0.05, 0) is 72.2 Å². The average Bonchev–Trinajstić information content (AvgIpc) is 2.35. The lowest BCUT2D eigenvalue weighted by Gasteiger charge is -2.16. The molecule has 0 aromatic heterocycles. The second-order valence-corrected chi connectivity index (χ2v) is 5.77. The van der Waals surface area contributed by atoms with E-state index in [-0.39, 0.29) is 11.9 Å². The highest BCUT2D eigenvalue weighted by Gasteiger charge is 2.11. The van der Waals surface area contributed by atoms with Crippen molar-refractivity contribution in [1.82, 2.24) is 0 Å². The third-order valence-electron chi connectivity index (χ3n) is 3.34. The van der Waals surface area contributed by atoms with Gasteiger partial charge in [-0.15, -0.1) is 0 Å². The van der Waals surface area contributed by atoms with Crippen LogP contribution >= 0.6 is 15.9 Å². The molecule has 0 radical (unpaired) electrons. The predicted molar refractivity (Wildman–Crippen MR) is 75.0 cm³/mol. The van der Waals surface area contributed by atoms with Gasteiger partial charge in [-0.2, -0.15) is 0 Å². The summed E-state index contributed by atoms with van der Waals surface area (Å²) in [6.07, 6.45) is 7.98. The summed E-state index contributed by atoms with van der Waals surface area (Å²) >= 11 is 3.17. The first-order chi connectivity index (χ1) is 8.65. The molecule has 2 rings (SSSR count). The molecule has 1 nitrogen and oxygen atoms in total. The Balaban J connectivity index is 1.92. The van der Waals surface area contributed by atoms with E-state index in [2.05, 4.69) is 22.0 Å². The average molecular weight is 313 g/mol. The zero-order valence-corrected chi connectivity index (χ0v) is 11.9. The van der Waals surface area contributed by atoms with Crippen molar-refractivity contribution in [3.05, 3.63) is 45.7 Å². The third-order valence-corrected chi connectivity index (χ3v) is 3.95. The van der Waals surface area contributed by atoms with Gasteiger partial charge in [0, 0.05) is 0 Å². The molecule has 1 aromatic rings. The molecule has 0 saturated carbocycles. The van der Waals surface area contributed by atoms with Crippen LogP contribution in [0.2, 0.25) is 0 Å². The molecule has 0 spiro atoms. The molecule has 1 aliphatic rings. The quantitative estimate of drug-likeness (QED) is 0.818. The molecule has 0 saturated heterocycles.